The first kappa shape index (κ1) is 15.2. The van der Waals surface area contributed by atoms with Crippen LogP contribution in [0.5, 0.6) is 0 Å². The van der Waals surface area contributed by atoms with Crippen LogP contribution in [-0.4, -0.2) is 19.9 Å². The van der Waals surface area contributed by atoms with E-state index in [-0.39, 0.29) is 39.9 Å². The van der Waals surface area contributed by atoms with Gasteiger partial charge in [-0.05, 0) is 72.8 Å². The van der Waals surface area contributed by atoms with Crippen LogP contribution in [0.25, 0.3) is 46.4 Å². The smallest absolute Gasteiger partial charge is 0.0658 e. The molecule has 2 aliphatic rings. The van der Waals surface area contributed by atoms with Crippen molar-refractivity contribution in [2.75, 3.05) is 0 Å². The summed E-state index contributed by atoms with van der Waals surface area (Å²) in [4.78, 5) is 15.8. The molecular weight excluding hydrogens is 453 g/mol. The van der Waals surface area contributed by atoms with Crippen molar-refractivity contribution in [3.05, 3.63) is 71.3 Å². The van der Waals surface area contributed by atoms with Crippen LogP contribution in [0.1, 0.15) is 24.1 Å². The SMILES string of the molecule is [2H]c1cc2cc3nc(cc4ccc(cc5nc(cc1[nH]2)C=C5)[nH]4)C=C3.[Gd]. The molecule has 5 rings (SSSR count). The number of aromatic nitrogens is 4. The Labute approximate surface area is 177 Å². The third-order valence-corrected chi connectivity index (χ3v) is 3.96. The van der Waals surface area contributed by atoms with Crippen molar-refractivity contribution in [2.45, 2.75) is 0 Å². The number of rotatable bonds is 0. The minimum absolute atomic E-state index is 0. The van der Waals surface area contributed by atoms with Crippen LogP contribution in [0.3, 0.4) is 0 Å². The molecule has 0 aromatic carbocycles. The quantitative estimate of drug-likeness (QED) is 0.347. The molecule has 5 heterocycles. The summed E-state index contributed by atoms with van der Waals surface area (Å²) in [6, 6.07) is 14.1. The zero-order chi connectivity index (χ0) is 16.8. The third-order valence-electron chi connectivity index (χ3n) is 3.96. The van der Waals surface area contributed by atoms with Gasteiger partial charge in [-0.3, -0.25) is 0 Å². The number of H-pyrrole nitrogens is 2. The molecule has 0 aliphatic carbocycles. The number of nitrogens with zero attached hydrogens (tertiary/aromatic N) is 2. The molecule has 0 amide bonds. The number of fused-ring (bicyclic) bond motifs is 8. The molecule has 3 aromatic rings. The Morgan fingerprint density at radius 1 is 0.600 bits per heavy atom. The van der Waals surface area contributed by atoms with Crippen molar-refractivity contribution >= 4 is 46.4 Å². The second-order valence-corrected chi connectivity index (χ2v) is 5.82. The van der Waals surface area contributed by atoms with Crippen molar-refractivity contribution in [3.8, 4) is 0 Å². The molecule has 0 radical (unpaired) electrons. The van der Waals surface area contributed by atoms with Crippen LogP contribution in [0.15, 0.2) is 48.5 Å². The maximum absolute atomic E-state index is 8.14. The molecule has 4 nitrogen and oxygen atoms in total. The van der Waals surface area contributed by atoms with E-state index in [0.29, 0.717) is 6.04 Å². The monoisotopic (exact) mass is 469 g/mol. The Balaban J connectivity index is 0.00000168. The summed E-state index contributed by atoms with van der Waals surface area (Å²) in [6.07, 6.45) is 7.88. The molecule has 25 heavy (non-hydrogen) atoms. The number of hydrogen-bond donors (Lipinski definition) is 2. The molecule has 2 N–H and O–H groups in total. The van der Waals surface area contributed by atoms with Crippen LogP contribution >= 0.6 is 0 Å². The fourth-order valence-corrected chi connectivity index (χ4v) is 2.87. The second kappa shape index (κ2) is 6.67. The molecule has 122 valence electrons. The van der Waals surface area contributed by atoms with Gasteiger partial charge in [-0.2, -0.15) is 0 Å². The first-order chi connectivity index (χ1) is 12.2. The maximum atomic E-state index is 8.14. The summed E-state index contributed by atoms with van der Waals surface area (Å²) >= 11 is 0. The van der Waals surface area contributed by atoms with Crippen LogP contribution in [-0.2, 0) is 0 Å². The molecular formula is C20H14GdN4. The van der Waals surface area contributed by atoms with E-state index in [9.17, 15) is 0 Å². The fraction of sp³-hybridized carbons (Fsp3) is 0. The summed E-state index contributed by atoms with van der Waals surface area (Å²) < 4.78 is 8.14. The molecule has 8 bridgehead atoms. The maximum Gasteiger partial charge on any atom is 0.0658 e. The van der Waals surface area contributed by atoms with Gasteiger partial charge in [-0.1, -0.05) is 0 Å². The van der Waals surface area contributed by atoms with E-state index in [1.807, 2.05) is 60.7 Å². The molecule has 0 atom stereocenters. The standard InChI is InChI=1S/C20H14N4.Gd/c1-2-14-10-16-5-6-18(23-16)12-20-8-7-19(24-20)11-17-4-3-15(22-17)9-13(1)21-14;/h1-12,21,24H;/i1D;. The summed E-state index contributed by atoms with van der Waals surface area (Å²) in [5.41, 5.74) is 7.04. The molecule has 3 aromatic heterocycles. The summed E-state index contributed by atoms with van der Waals surface area (Å²) in [7, 11) is 0. The van der Waals surface area contributed by atoms with E-state index in [2.05, 4.69) is 19.9 Å². The van der Waals surface area contributed by atoms with Crippen molar-refractivity contribution in [1.29, 1.82) is 0 Å². The minimum atomic E-state index is 0. The van der Waals surface area contributed by atoms with Gasteiger partial charge in [-0.25, -0.2) is 9.97 Å². The Hall–Kier alpha value is -2.08. The van der Waals surface area contributed by atoms with Gasteiger partial charge in [-0.15, -0.1) is 0 Å². The van der Waals surface area contributed by atoms with E-state index in [1.54, 1.807) is 6.07 Å². The number of hydrogen-bond acceptors (Lipinski definition) is 2. The fourth-order valence-electron chi connectivity index (χ4n) is 2.87. The molecule has 0 spiro atoms. The molecule has 5 heteroatoms. The van der Waals surface area contributed by atoms with Gasteiger partial charge >= 0.3 is 0 Å². The van der Waals surface area contributed by atoms with Gasteiger partial charge in [0.05, 0.1) is 24.1 Å². The Kier molecular flexibility index (Phi) is 4.06. The van der Waals surface area contributed by atoms with Gasteiger partial charge in [0, 0.05) is 62.0 Å². The Bertz CT molecular complexity index is 1220. The molecule has 0 fully saturated rings. The van der Waals surface area contributed by atoms with Crippen molar-refractivity contribution < 1.29 is 41.3 Å². The van der Waals surface area contributed by atoms with Crippen molar-refractivity contribution in [1.82, 2.24) is 19.9 Å². The van der Waals surface area contributed by atoms with Gasteiger partial charge in [0.2, 0.25) is 0 Å². The average molecular weight is 469 g/mol. The van der Waals surface area contributed by atoms with Crippen LogP contribution in [0.4, 0.5) is 0 Å². The average Bonchev–Trinajstić information content (AvgIpc) is 3.33. The molecule has 2 aliphatic heterocycles. The number of nitrogens with one attached hydrogen (secondary N) is 2. The molecule has 0 saturated carbocycles. The normalized spacial score (nSPS) is 12.7. The van der Waals surface area contributed by atoms with Crippen molar-refractivity contribution in [3.63, 3.8) is 0 Å². The Morgan fingerprint density at radius 3 is 1.52 bits per heavy atom. The van der Waals surface area contributed by atoms with E-state index in [1.165, 1.54) is 0 Å². The van der Waals surface area contributed by atoms with E-state index >= 15 is 0 Å². The van der Waals surface area contributed by atoms with E-state index in [0.717, 1.165) is 44.8 Å². The topological polar surface area (TPSA) is 57.4 Å². The molecule has 0 unspecified atom stereocenters. The first-order valence-corrected chi connectivity index (χ1v) is 7.76. The summed E-state index contributed by atoms with van der Waals surface area (Å²) in [5.74, 6) is 0. The number of aromatic amines is 2. The van der Waals surface area contributed by atoms with Crippen molar-refractivity contribution in [2.24, 2.45) is 0 Å². The zero-order valence-electron chi connectivity index (χ0n) is 14.1. The molecule has 0 saturated heterocycles. The second-order valence-electron chi connectivity index (χ2n) is 5.82. The van der Waals surface area contributed by atoms with Gasteiger partial charge < -0.3 is 9.97 Å². The van der Waals surface area contributed by atoms with Crippen LogP contribution < -0.4 is 0 Å². The first-order valence-electron chi connectivity index (χ1n) is 8.26. The Morgan fingerprint density at radius 2 is 1.00 bits per heavy atom. The predicted molar refractivity (Wildman–Crippen MR) is 98.9 cm³/mol. The summed E-state index contributed by atoms with van der Waals surface area (Å²) in [6.45, 7) is 0. The van der Waals surface area contributed by atoms with E-state index < -0.39 is 0 Å². The van der Waals surface area contributed by atoms with Crippen LogP contribution in [0, 0.1) is 39.9 Å². The zero-order valence-corrected chi connectivity index (χ0v) is 15.4. The predicted octanol–water partition coefficient (Wildman–Crippen LogP) is 4.66. The van der Waals surface area contributed by atoms with E-state index in [4.69, 9.17) is 1.37 Å². The minimum Gasteiger partial charge on any atom is -0.355 e. The third kappa shape index (κ3) is 3.49. The largest absolute Gasteiger partial charge is 0.355 e. The van der Waals surface area contributed by atoms with Gasteiger partial charge in [0.1, 0.15) is 0 Å². The van der Waals surface area contributed by atoms with Gasteiger partial charge in [0.25, 0.3) is 0 Å². The summed E-state index contributed by atoms with van der Waals surface area (Å²) in [5, 5.41) is 0. The van der Waals surface area contributed by atoms with Gasteiger partial charge in [0.15, 0.2) is 0 Å². The van der Waals surface area contributed by atoms with Crippen LogP contribution in [0.2, 0.25) is 0 Å².